The zero-order chi connectivity index (χ0) is 24.8. The van der Waals surface area contributed by atoms with E-state index in [0.717, 1.165) is 11.1 Å². The molecule has 2 amide bonds. The molecule has 8 heteroatoms. The summed E-state index contributed by atoms with van der Waals surface area (Å²) >= 11 is 0. The highest BCUT2D eigenvalue weighted by Crippen LogP contribution is 2.09. The summed E-state index contributed by atoms with van der Waals surface area (Å²) in [5.41, 5.74) is 1.12. The molecule has 0 unspecified atom stereocenters. The summed E-state index contributed by atoms with van der Waals surface area (Å²) in [7, 11) is 0. The van der Waals surface area contributed by atoms with Gasteiger partial charge in [-0.25, -0.2) is 14.4 Å². The number of carbonyl (C=O) groups is 3. The Hall–Kier alpha value is -3.55. The Morgan fingerprint density at radius 1 is 0.794 bits per heavy atom. The molecule has 34 heavy (non-hydrogen) atoms. The Balaban J connectivity index is 1.83. The van der Waals surface area contributed by atoms with Crippen LogP contribution in [0.4, 0.5) is 9.59 Å². The molecule has 0 aliphatic heterocycles. The molecule has 0 saturated heterocycles. The number of benzene rings is 2. The molecule has 0 bridgehead atoms. The van der Waals surface area contributed by atoms with E-state index < -0.39 is 29.8 Å². The van der Waals surface area contributed by atoms with Crippen LogP contribution in [0.2, 0.25) is 0 Å². The number of amides is 2. The molecule has 0 spiro atoms. The zero-order valence-corrected chi connectivity index (χ0v) is 20.0. The Morgan fingerprint density at radius 3 is 1.91 bits per heavy atom. The van der Waals surface area contributed by atoms with E-state index in [0.29, 0.717) is 25.8 Å². The van der Waals surface area contributed by atoms with E-state index in [-0.39, 0.29) is 13.2 Å². The monoisotopic (exact) mass is 470 g/mol. The Morgan fingerprint density at radius 2 is 1.35 bits per heavy atom. The lowest BCUT2D eigenvalue weighted by atomic mass is 10.1. The Labute approximate surface area is 201 Å². The molecule has 2 aromatic rings. The summed E-state index contributed by atoms with van der Waals surface area (Å²) in [6.07, 6.45) is 0.318. The van der Waals surface area contributed by atoms with Crippen molar-refractivity contribution in [3.8, 4) is 0 Å². The first kappa shape index (κ1) is 26.7. The molecular weight excluding hydrogens is 436 g/mol. The second kappa shape index (κ2) is 13.9. The quantitative estimate of drug-likeness (QED) is 0.280. The average molecular weight is 471 g/mol. The highest BCUT2D eigenvalue weighted by molar-refractivity contribution is 5.81. The summed E-state index contributed by atoms with van der Waals surface area (Å²) < 4.78 is 15.8. The van der Waals surface area contributed by atoms with Crippen molar-refractivity contribution in [2.75, 3.05) is 6.54 Å². The number of unbranched alkanes of at least 4 members (excludes halogenated alkanes) is 1. The van der Waals surface area contributed by atoms with Gasteiger partial charge in [-0.1, -0.05) is 60.7 Å². The minimum atomic E-state index is -0.867. The third kappa shape index (κ3) is 11.4. The molecule has 0 radical (unpaired) electrons. The topological polar surface area (TPSA) is 103 Å². The fourth-order valence-corrected chi connectivity index (χ4v) is 2.96. The lowest BCUT2D eigenvalue weighted by molar-refractivity contribution is -0.147. The van der Waals surface area contributed by atoms with E-state index in [1.54, 1.807) is 20.8 Å². The molecule has 2 rings (SSSR count). The van der Waals surface area contributed by atoms with Gasteiger partial charge in [0.05, 0.1) is 0 Å². The first-order valence-electron chi connectivity index (χ1n) is 11.4. The number of esters is 1. The van der Waals surface area contributed by atoms with Crippen LogP contribution >= 0.6 is 0 Å². The summed E-state index contributed by atoms with van der Waals surface area (Å²) in [6, 6.07) is 17.7. The van der Waals surface area contributed by atoms with Crippen LogP contribution in [0.3, 0.4) is 0 Å². The van der Waals surface area contributed by atoms with Crippen LogP contribution in [0, 0.1) is 0 Å². The van der Waals surface area contributed by atoms with Gasteiger partial charge in [-0.05, 0) is 51.2 Å². The van der Waals surface area contributed by atoms with Crippen LogP contribution in [-0.4, -0.2) is 36.3 Å². The largest absolute Gasteiger partial charge is 0.459 e. The van der Waals surface area contributed by atoms with E-state index >= 15 is 0 Å². The maximum Gasteiger partial charge on any atom is 0.408 e. The lowest BCUT2D eigenvalue weighted by Crippen LogP contribution is -2.42. The van der Waals surface area contributed by atoms with Crippen molar-refractivity contribution in [1.82, 2.24) is 10.6 Å². The molecule has 0 aliphatic carbocycles. The number of hydrogen-bond acceptors (Lipinski definition) is 6. The molecule has 0 aromatic heterocycles. The predicted molar refractivity (Wildman–Crippen MR) is 128 cm³/mol. The van der Waals surface area contributed by atoms with Crippen LogP contribution in [-0.2, 0) is 32.2 Å². The molecular formula is C26H34N2O6. The summed E-state index contributed by atoms with van der Waals surface area (Å²) in [5, 5.41) is 5.29. The highest BCUT2D eigenvalue weighted by Gasteiger charge is 2.23. The zero-order valence-electron chi connectivity index (χ0n) is 20.0. The maximum atomic E-state index is 12.7. The number of carbonyl (C=O) groups excluding carboxylic acids is 3. The van der Waals surface area contributed by atoms with Gasteiger partial charge < -0.3 is 24.8 Å². The summed E-state index contributed by atoms with van der Waals surface area (Å²) in [4.78, 5) is 36.7. The van der Waals surface area contributed by atoms with Gasteiger partial charge in [0.15, 0.2) is 0 Å². The van der Waals surface area contributed by atoms with Gasteiger partial charge in [0.2, 0.25) is 0 Å². The van der Waals surface area contributed by atoms with Crippen molar-refractivity contribution >= 4 is 18.2 Å². The smallest absolute Gasteiger partial charge is 0.408 e. The molecule has 2 N–H and O–H groups in total. The standard InChI is InChI=1S/C26H34N2O6/c1-26(2,3)34-24(30)27-17-11-10-16-22(23(29)32-18-20-12-6-4-7-13-20)28-25(31)33-19-21-14-8-5-9-15-21/h4-9,12-15,22H,10-11,16-19H2,1-3H3,(H,27,30)(H,28,31)/t22-/m0/s1. The van der Waals surface area contributed by atoms with Gasteiger partial charge in [0.25, 0.3) is 0 Å². The van der Waals surface area contributed by atoms with Gasteiger partial charge in [-0.3, -0.25) is 0 Å². The van der Waals surface area contributed by atoms with Crippen LogP contribution in [0.5, 0.6) is 0 Å². The first-order chi connectivity index (χ1) is 16.2. The molecule has 8 nitrogen and oxygen atoms in total. The first-order valence-corrected chi connectivity index (χ1v) is 11.4. The maximum absolute atomic E-state index is 12.7. The number of hydrogen-bond donors (Lipinski definition) is 2. The number of ether oxygens (including phenoxy) is 3. The molecule has 0 fully saturated rings. The molecule has 2 aromatic carbocycles. The number of nitrogens with one attached hydrogen (secondary N) is 2. The van der Waals surface area contributed by atoms with Gasteiger partial charge in [-0.2, -0.15) is 0 Å². The van der Waals surface area contributed by atoms with E-state index in [4.69, 9.17) is 14.2 Å². The molecule has 0 heterocycles. The van der Waals surface area contributed by atoms with Crippen molar-refractivity contribution in [2.45, 2.75) is 64.9 Å². The highest BCUT2D eigenvalue weighted by atomic mass is 16.6. The third-order valence-electron chi connectivity index (χ3n) is 4.60. The van der Waals surface area contributed by atoms with Gasteiger partial charge >= 0.3 is 18.2 Å². The van der Waals surface area contributed by atoms with E-state index in [1.807, 2.05) is 60.7 Å². The van der Waals surface area contributed by atoms with Crippen LogP contribution in [0.25, 0.3) is 0 Å². The van der Waals surface area contributed by atoms with Crippen LogP contribution in [0.1, 0.15) is 51.2 Å². The fraction of sp³-hybridized carbons (Fsp3) is 0.423. The molecule has 0 saturated carbocycles. The Kier molecular flexibility index (Phi) is 10.9. The summed E-state index contributed by atoms with van der Waals surface area (Å²) in [6.45, 7) is 5.97. The van der Waals surface area contributed by atoms with Crippen LogP contribution < -0.4 is 10.6 Å². The number of alkyl carbamates (subject to hydrolysis) is 2. The second-order valence-corrected chi connectivity index (χ2v) is 8.78. The van der Waals surface area contributed by atoms with Crippen molar-refractivity contribution in [3.05, 3.63) is 71.8 Å². The predicted octanol–water partition coefficient (Wildman–Crippen LogP) is 4.72. The fourth-order valence-electron chi connectivity index (χ4n) is 2.96. The van der Waals surface area contributed by atoms with Crippen molar-refractivity contribution < 1.29 is 28.6 Å². The van der Waals surface area contributed by atoms with Crippen molar-refractivity contribution in [3.63, 3.8) is 0 Å². The lowest BCUT2D eigenvalue weighted by Gasteiger charge is -2.20. The number of rotatable bonds is 11. The van der Waals surface area contributed by atoms with E-state index in [1.165, 1.54) is 0 Å². The van der Waals surface area contributed by atoms with Crippen LogP contribution in [0.15, 0.2) is 60.7 Å². The van der Waals surface area contributed by atoms with Crippen molar-refractivity contribution in [2.24, 2.45) is 0 Å². The molecule has 1 atom stereocenters. The SMILES string of the molecule is CC(C)(C)OC(=O)NCCCC[C@H](NC(=O)OCc1ccccc1)C(=O)OCc1ccccc1. The van der Waals surface area contributed by atoms with E-state index in [9.17, 15) is 14.4 Å². The normalized spacial score (nSPS) is 11.7. The minimum absolute atomic E-state index is 0.0955. The van der Waals surface area contributed by atoms with Crippen molar-refractivity contribution in [1.29, 1.82) is 0 Å². The van der Waals surface area contributed by atoms with Gasteiger partial charge in [0.1, 0.15) is 24.9 Å². The molecule has 0 aliphatic rings. The van der Waals surface area contributed by atoms with E-state index in [2.05, 4.69) is 10.6 Å². The van der Waals surface area contributed by atoms with Gasteiger partial charge in [0, 0.05) is 6.54 Å². The Bertz CT molecular complexity index is 897. The summed E-state index contributed by atoms with van der Waals surface area (Å²) in [5.74, 6) is -0.541. The second-order valence-electron chi connectivity index (χ2n) is 8.78. The third-order valence-corrected chi connectivity index (χ3v) is 4.60. The average Bonchev–Trinajstić information content (AvgIpc) is 2.80. The van der Waals surface area contributed by atoms with Gasteiger partial charge in [-0.15, -0.1) is 0 Å². The molecule has 184 valence electrons. The minimum Gasteiger partial charge on any atom is -0.459 e.